The summed E-state index contributed by atoms with van der Waals surface area (Å²) in [6.45, 7) is 12.6. The molecule has 0 aromatic heterocycles. The van der Waals surface area contributed by atoms with Gasteiger partial charge in [0, 0.05) is 24.0 Å². The average Bonchev–Trinajstić information content (AvgIpc) is 2.37. The van der Waals surface area contributed by atoms with Crippen molar-refractivity contribution in [2.24, 2.45) is 5.73 Å². The molecule has 18 heavy (non-hydrogen) atoms. The van der Waals surface area contributed by atoms with Crippen LogP contribution in [0.2, 0.25) is 0 Å². The first-order valence-electron chi connectivity index (χ1n) is 6.85. The maximum Gasteiger partial charge on any atom is 0.0247 e. The molecule has 102 valence electrons. The summed E-state index contributed by atoms with van der Waals surface area (Å²) < 4.78 is 0. The van der Waals surface area contributed by atoms with E-state index in [-0.39, 0.29) is 11.0 Å². The van der Waals surface area contributed by atoms with E-state index in [4.69, 9.17) is 5.73 Å². The topological polar surface area (TPSA) is 38.0 Å². The Hall–Kier alpha value is -0.860. The molecule has 0 aliphatic carbocycles. The van der Waals surface area contributed by atoms with Gasteiger partial charge in [0.05, 0.1) is 0 Å². The summed E-state index contributed by atoms with van der Waals surface area (Å²) in [6, 6.07) is 8.95. The number of benzene rings is 1. The average molecular weight is 248 g/mol. The van der Waals surface area contributed by atoms with E-state index in [1.165, 1.54) is 11.1 Å². The Balaban J connectivity index is 2.72. The van der Waals surface area contributed by atoms with Crippen LogP contribution in [-0.2, 0) is 11.8 Å². The number of nitrogens with two attached hydrogens (primary N) is 1. The molecule has 1 rings (SSSR count). The van der Waals surface area contributed by atoms with E-state index in [9.17, 15) is 0 Å². The zero-order chi connectivity index (χ0) is 13.8. The molecule has 0 unspecified atom stereocenters. The third kappa shape index (κ3) is 4.11. The summed E-state index contributed by atoms with van der Waals surface area (Å²) in [5.41, 5.74) is 8.64. The first kappa shape index (κ1) is 15.2. The fourth-order valence-electron chi connectivity index (χ4n) is 1.83. The monoisotopic (exact) mass is 248 g/mol. The van der Waals surface area contributed by atoms with Crippen molar-refractivity contribution in [2.45, 2.75) is 52.0 Å². The summed E-state index contributed by atoms with van der Waals surface area (Å²) in [6.07, 6.45) is 1.10. The van der Waals surface area contributed by atoms with Crippen LogP contribution in [0, 0.1) is 0 Å². The van der Waals surface area contributed by atoms with E-state index < -0.39 is 0 Å². The molecule has 2 nitrogen and oxygen atoms in total. The fourth-order valence-corrected chi connectivity index (χ4v) is 1.83. The standard InChI is InChI=1S/C16H28N2/c1-6-13-7-9-14(10-8-13)15(2,3)12-18-16(4,5)11-17/h7-10,18H,6,11-12,17H2,1-5H3. The molecule has 0 atom stereocenters. The lowest BCUT2D eigenvalue weighted by Gasteiger charge is -2.32. The molecule has 1 aromatic rings. The summed E-state index contributed by atoms with van der Waals surface area (Å²) in [5, 5.41) is 3.55. The molecule has 0 radical (unpaired) electrons. The van der Waals surface area contributed by atoms with Crippen molar-refractivity contribution < 1.29 is 0 Å². The second-order valence-corrected chi connectivity index (χ2v) is 6.38. The molecular weight excluding hydrogens is 220 g/mol. The zero-order valence-electron chi connectivity index (χ0n) is 12.5. The maximum absolute atomic E-state index is 5.75. The second kappa shape index (κ2) is 5.85. The number of nitrogens with one attached hydrogen (secondary N) is 1. The molecule has 2 heteroatoms. The first-order valence-corrected chi connectivity index (χ1v) is 6.85. The number of hydrogen-bond donors (Lipinski definition) is 2. The SMILES string of the molecule is CCc1ccc(C(C)(C)CNC(C)(C)CN)cc1. The maximum atomic E-state index is 5.75. The minimum absolute atomic E-state index is 0.000624. The molecule has 0 amide bonds. The Kier molecular flexibility index (Phi) is 4.94. The Morgan fingerprint density at radius 1 is 1.06 bits per heavy atom. The van der Waals surface area contributed by atoms with Crippen LogP contribution in [0.4, 0.5) is 0 Å². The highest BCUT2D eigenvalue weighted by atomic mass is 15.0. The summed E-state index contributed by atoms with van der Waals surface area (Å²) >= 11 is 0. The van der Waals surface area contributed by atoms with Crippen molar-refractivity contribution in [3.05, 3.63) is 35.4 Å². The predicted octanol–water partition coefficient (Wildman–Crippen LogP) is 2.85. The third-order valence-corrected chi connectivity index (χ3v) is 3.66. The van der Waals surface area contributed by atoms with Gasteiger partial charge in [-0.15, -0.1) is 0 Å². The van der Waals surface area contributed by atoms with Crippen LogP contribution in [0.25, 0.3) is 0 Å². The van der Waals surface area contributed by atoms with Crippen molar-refractivity contribution in [3.63, 3.8) is 0 Å². The largest absolute Gasteiger partial charge is 0.329 e. The molecule has 3 N–H and O–H groups in total. The lowest BCUT2D eigenvalue weighted by molar-refractivity contribution is 0.347. The Bertz CT molecular complexity index is 363. The quantitative estimate of drug-likeness (QED) is 0.812. The van der Waals surface area contributed by atoms with Crippen molar-refractivity contribution in [1.82, 2.24) is 5.32 Å². The first-order chi connectivity index (χ1) is 8.30. The Labute approximate surface area is 112 Å². The van der Waals surface area contributed by atoms with Crippen molar-refractivity contribution >= 4 is 0 Å². The summed E-state index contributed by atoms with van der Waals surface area (Å²) in [4.78, 5) is 0. The highest BCUT2D eigenvalue weighted by Crippen LogP contribution is 2.23. The van der Waals surface area contributed by atoms with Gasteiger partial charge in [-0.05, 0) is 31.4 Å². The van der Waals surface area contributed by atoms with Gasteiger partial charge in [0.1, 0.15) is 0 Å². The van der Waals surface area contributed by atoms with Crippen molar-refractivity contribution in [1.29, 1.82) is 0 Å². The van der Waals surface area contributed by atoms with Crippen LogP contribution in [0.15, 0.2) is 24.3 Å². The van der Waals surface area contributed by atoms with Gasteiger partial charge in [-0.25, -0.2) is 0 Å². The molecule has 1 aromatic carbocycles. The van der Waals surface area contributed by atoms with Gasteiger partial charge >= 0.3 is 0 Å². The van der Waals surface area contributed by atoms with Crippen LogP contribution >= 0.6 is 0 Å². The molecule has 0 saturated carbocycles. The minimum Gasteiger partial charge on any atom is -0.329 e. The molecule has 0 spiro atoms. The molecule has 0 bridgehead atoms. The Morgan fingerprint density at radius 3 is 2.06 bits per heavy atom. The molecule has 0 aliphatic rings. The predicted molar refractivity (Wildman–Crippen MR) is 80.0 cm³/mol. The smallest absolute Gasteiger partial charge is 0.0247 e. The lowest BCUT2D eigenvalue weighted by Crippen LogP contribution is -2.50. The minimum atomic E-state index is 0.000624. The highest BCUT2D eigenvalue weighted by Gasteiger charge is 2.24. The van der Waals surface area contributed by atoms with E-state index in [1.54, 1.807) is 0 Å². The van der Waals surface area contributed by atoms with Crippen LogP contribution in [-0.4, -0.2) is 18.6 Å². The molecule has 0 saturated heterocycles. The normalized spacial score (nSPS) is 12.8. The zero-order valence-corrected chi connectivity index (χ0v) is 12.5. The van der Waals surface area contributed by atoms with Crippen molar-refractivity contribution in [2.75, 3.05) is 13.1 Å². The van der Waals surface area contributed by atoms with Gasteiger partial charge in [-0.3, -0.25) is 0 Å². The van der Waals surface area contributed by atoms with Crippen LogP contribution in [0.5, 0.6) is 0 Å². The molecule has 0 fully saturated rings. The number of rotatable bonds is 6. The van der Waals surface area contributed by atoms with E-state index in [0.29, 0.717) is 6.54 Å². The van der Waals surface area contributed by atoms with Gasteiger partial charge in [0.15, 0.2) is 0 Å². The molecule has 0 heterocycles. The van der Waals surface area contributed by atoms with Crippen LogP contribution in [0.1, 0.15) is 45.7 Å². The van der Waals surface area contributed by atoms with E-state index in [0.717, 1.165) is 13.0 Å². The van der Waals surface area contributed by atoms with E-state index >= 15 is 0 Å². The Morgan fingerprint density at radius 2 is 1.61 bits per heavy atom. The van der Waals surface area contributed by atoms with Gasteiger partial charge in [-0.2, -0.15) is 0 Å². The number of hydrogen-bond acceptors (Lipinski definition) is 2. The summed E-state index contributed by atoms with van der Waals surface area (Å²) in [5.74, 6) is 0. The van der Waals surface area contributed by atoms with E-state index in [1.807, 2.05) is 0 Å². The van der Waals surface area contributed by atoms with Gasteiger partial charge in [-0.1, -0.05) is 45.0 Å². The van der Waals surface area contributed by atoms with Gasteiger partial charge in [0.2, 0.25) is 0 Å². The molecular formula is C16H28N2. The summed E-state index contributed by atoms with van der Waals surface area (Å²) in [7, 11) is 0. The van der Waals surface area contributed by atoms with Gasteiger partial charge in [0.25, 0.3) is 0 Å². The van der Waals surface area contributed by atoms with Crippen LogP contribution < -0.4 is 11.1 Å². The third-order valence-electron chi connectivity index (χ3n) is 3.66. The van der Waals surface area contributed by atoms with Crippen molar-refractivity contribution in [3.8, 4) is 0 Å². The highest BCUT2D eigenvalue weighted by molar-refractivity contribution is 5.28. The molecule has 0 aliphatic heterocycles. The lowest BCUT2D eigenvalue weighted by atomic mass is 9.83. The van der Waals surface area contributed by atoms with Gasteiger partial charge < -0.3 is 11.1 Å². The van der Waals surface area contributed by atoms with Crippen LogP contribution in [0.3, 0.4) is 0 Å². The fraction of sp³-hybridized carbons (Fsp3) is 0.625. The number of aryl methyl sites for hydroxylation is 1. The second-order valence-electron chi connectivity index (χ2n) is 6.38. The van der Waals surface area contributed by atoms with E-state index in [2.05, 4.69) is 64.2 Å².